The van der Waals surface area contributed by atoms with Crippen LogP contribution in [0.1, 0.15) is 70.2 Å². The molecule has 2 N–H and O–H groups in total. The van der Waals surface area contributed by atoms with Gasteiger partial charge in [-0.2, -0.15) is 4.98 Å². The van der Waals surface area contributed by atoms with Crippen LogP contribution in [0.4, 0.5) is 6.01 Å². The van der Waals surface area contributed by atoms with Crippen LogP contribution in [0.15, 0.2) is 34.9 Å². The molecule has 1 aromatic heterocycles. The number of rotatable bonds is 9. The quantitative estimate of drug-likeness (QED) is 0.553. The maximum Gasteiger partial charge on any atom is 0.324 e. The average Bonchev–Trinajstić information content (AvgIpc) is 3.39. The van der Waals surface area contributed by atoms with Gasteiger partial charge >= 0.3 is 6.01 Å². The van der Waals surface area contributed by atoms with Gasteiger partial charge < -0.3 is 24.6 Å². The fourth-order valence-corrected chi connectivity index (χ4v) is 4.60. The van der Waals surface area contributed by atoms with E-state index in [0.29, 0.717) is 18.5 Å². The van der Waals surface area contributed by atoms with Crippen molar-refractivity contribution in [3.05, 3.63) is 41.7 Å². The van der Waals surface area contributed by atoms with Gasteiger partial charge in [-0.3, -0.25) is 4.79 Å². The van der Waals surface area contributed by atoms with Gasteiger partial charge in [-0.1, -0.05) is 37.2 Å². The lowest BCUT2D eigenvalue weighted by molar-refractivity contribution is -0.126. The van der Waals surface area contributed by atoms with Crippen LogP contribution in [0.5, 0.6) is 5.75 Å². The maximum absolute atomic E-state index is 12.3. The molecule has 0 radical (unpaired) electrons. The van der Waals surface area contributed by atoms with Crippen molar-refractivity contribution in [2.75, 3.05) is 31.2 Å². The Morgan fingerprint density at radius 1 is 1.20 bits per heavy atom. The van der Waals surface area contributed by atoms with Crippen molar-refractivity contribution in [3.63, 3.8) is 0 Å². The summed E-state index contributed by atoms with van der Waals surface area (Å²) >= 11 is 0. The summed E-state index contributed by atoms with van der Waals surface area (Å²) in [5, 5.41) is 16.1. The van der Waals surface area contributed by atoms with Crippen molar-refractivity contribution >= 4 is 17.5 Å². The number of carbonyl (C=O) groups is 1. The number of aromatic nitrogens is 2. The zero-order chi connectivity index (χ0) is 24.8. The van der Waals surface area contributed by atoms with E-state index in [1.54, 1.807) is 0 Å². The molecule has 1 aliphatic carbocycles. The second-order valence-corrected chi connectivity index (χ2v) is 10.1. The first-order valence-corrected chi connectivity index (χ1v) is 12.8. The molecule has 1 fully saturated rings. The largest absolute Gasteiger partial charge is 0.493 e. The number of nitrogens with zero attached hydrogens (tertiary/aromatic N) is 3. The van der Waals surface area contributed by atoms with Crippen molar-refractivity contribution in [1.29, 1.82) is 0 Å². The number of carbonyl (C=O) groups excluding carboxylic acids is 1. The van der Waals surface area contributed by atoms with Crippen molar-refractivity contribution in [2.45, 2.75) is 64.8 Å². The standard InChI is InChI=1S/C27H38N4O4/c1-18(2)25-29-27(35-30-25)31-14-12-20(13-15-31)17-34-24-10-8-22(9-11-24)21-4-6-23(7-5-21)26(33)28-19(3)16-32/h4,8-11,18-20,23,32H,5-7,12-17H2,1-3H3,(H,28,33)/t19-,23?/m0/s1. The molecule has 1 aliphatic heterocycles. The summed E-state index contributed by atoms with van der Waals surface area (Å²) in [6, 6.07) is 8.74. The second-order valence-electron chi connectivity index (χ2n) is 10.1. The Morgan fingerprint density at radius 3 is 2.54 bits per heavy atom. The maximum atomic E-state index is 12.3. The minimum absolute atomic E-state index is 0.0149. The van der Waals surface area contributed by atoms with E-state index in [0.717, 1.165) is 56.8 Å². The predicted octanol–water partition coefficient (Wildman–Crippen LogP) is 4.17. The Balaban J connectivity index is 1.21. The molecular weight excluding hydrogens is 444 g/mol. The lowest BCUT2D eigenvalue weighted by atomic mass is 9.86. The molecule has 0 bridgehead atoms. The highest BCUT2D eigenvalue weighted by molar-refractivity contribution is 5.80. The van der Waals surface area contributed by atoms with Crippen LogP contribution < -0.4 is 15.0 Å². The third-order valence-electron chi connectivity index (χ3n) is 6.99. The highest BCUT2D eigenvalue weighted by atomic mass is 16.5. The Labute approximate surface area is 207 Å². The van der Waals surface area contributed by atoms with Gasteiger partial charge in [-0.05, 0) is 68.2 Å². The molecule has 1 aromatic carbocycles. The molecule has 2 atom stereocenters. The molecule has 190 valence electrons. The molecule has 1 saturated heterocycles. The molecule has 0 spiro atoms. The minimum Gasteiger partial charge on any atom is -0.493 e. The number of allylic oxidation sites excluding steroid dienone is 2. The van der Waals surface area contributed by atoms with Gasteiger partial charge in [-0.25, -0.2) is 0 Å². The molecule has 4 rings (SSSR count). The lowest BCUT2D eigenvalue weighted by Gasteiger charge is -2.30. The zero-order valence-electron chi connectivity index (χ0n) is 21.1. The van der Waals surface area contributed by atoms with Crippen LogP contribution in [0.3, 0.4) is 0 Å². The molecule has 8 heteroatoms. The Morgan fingerprint density at radius 2 is 1.94 bits per heavy atom. The molecular formula is C27H38N4O4. The molecule has 2 aromatic rings. The number of benzene rings is 1. The number of amides is 1. The number of aliphatic hydroxyl groups is 1. The van der Waals surface area contributed by atoms with E-state index in [4.69, 9.17) is 14.4 Å². The van der Waals surface area contributed by atoms with Gasteiger partial charge in [0.05, 0.1) is 13.2 Å². The summed E-state index contributed by atoms with van der Waals surface area (Å²) in [4.78, 5) is 19.0. The minimum atomic E-state index is -0.198. The van der Waals surface area contributed by atoms with Crippen LogP contribution in [0.2, 0.25) is 0 Å². The fraction of sp³-hybridized carbons (Fsp3) is 0.593. The first kappa shape index (κ1) is 25.2. The summed E-state index contributed by atoms with van der Waals surface area (Å²) in [6.07, 6.45) is 6.69. The second kappa shape index (κ2) is 11.7. The number of aliphatic hydroxyl groups excluding tert-OH is 1. The van der Waals surface area contributed by atoms with Gasteiger partial charge in [-0.15, -0.1) is 0 Å². The number of nitrogens with one attached hydrogen (secondary N) is 1. The van der Waals surface area contributed by atoms with E-state index >= 15 is 0 Å². The molecule has 2 aliphatic rings. The smallest absolute Gasteiger partial charge is 0.324 e. The summed E-state index contributed by atoms with van der Waals surface area (Å²) < 4.78 is 11.5. The molecule has 1 amide bonds. The summed E-state index contributed by atoms with van der Waals surface area (Å²) in [6.45, 7) is 8.42. The monoisotopic (exact) mass is 482 g/mol. The number of ether oxygens (including phenoxy) is 1. The van der Waals surface area contributed by atoms with Crippen molar-refractivity contribution in [1.82, 2.24) is 15.5 Å². The fourth-order valence-electron chi connectivity index (χ4n) is 4.60. The zero-order valence-corrected chi connectivity index (χ0v) is 21.1. The van der Waals surface area contributed by atoms with Crippen LogP contribution >= 0.6 is 0 Å². The van der Waals surface area contributed by atoms with Crippen molar-refractivity contribution in [3.8, 4) is 5.75 Å². The molecule has 2 heterocycles. The lowest BCUT2D eigenvalue weighted by Crippen LogP contribution is -2.39. The van der Waals surface area contributed by atoms with E-state index in [1.165, 1.54) is 11.1 Å². The normalized spacial score (nSPS) is 20.0. The van der Waals surface area contributed by atoms with E-state index in [-0.39, 0.29) is 30.4 Å². The van der Waals surface area contributed by atoms with Crippen molar-refractivity contribution in [2.24, 2.45) is 11.8 Å². The molecule has 0 saturated carbocycles. The first-order valence-electron chi connectivity index (χ1n) is 12.8. The van der Waals surface area contributed by atoms with Gasteiger partial charge in [0.2, 0.25) is 5.91 Å². The number of anilines is 1. The van der Waals surface area contributed by atoms with Crippen molar-refractivity contribution < 1.29 is 19.2 Å². The summed E-state index contributed by atoms with van der Waals surface area (Å²) in [5.41, 5.74) is 2.47. The van der Waals surface area contributed by atoms with E-state index in [2.05, 4.69) is 52.4 Å². The summed E-state index contributed by atoms with van der Waals surface area (Å²) in [5.74, 6) is 2.45. The van der Waals surface area contributed by atoms with Gasteiger partial charge in [0.1, 0.15) is 5.75 Å². The highest BCUT2D eigenvalue weighted by Gasteiger charge is 2.25. The van der Waals surface area contributed by atoms with Gasteiger partial charge in [0.25, 0.3) is 0 Å². The third kappa shape index (κ3) is 6.63. The van der Waals surface area contributed by atoms with Crippen LogP contribution in [0.25, 0.3) is 5.57 Å². The van der Waals surface area contributed by atoms with Crippen LogP contribution in [0, 0.1) is 11.8 Å². The number of hydrogen-bond acceptors (Lipinski definition) is 7. The third-order valence-corrected chi connectivity index (χ3v) is 6.99. The Bertz CT molecular complexity index is 993. The Hall–Kier alpha value is -2.87. The van der Waals surface area contributed by atoms with E-state index in [9.17, 15) is 4.79 Å². The SMILES string of the molecule is CC(C)c1noc(N2CCC(COc3ccc(C4=CCC(C(=O)N[C@@H](C)CO)CC4)cc3)CC2)n1. The number of hydrogen-bond donors (Lipinski definition) is 2. The topological polar surface area (TPSA) is 101 Å². The van der Waals surface area contributed by atoms with E-state index in [1.807, 2.05) is 19.1 Å². The molecule has 35 heavy (non-hydrogen) atoms. The first-order chi connectivity index (χ1) is 16.9. The summed E-state index contributed by atoms with van der Waals surface area (Å²) in [7, 11) is 0. The predicted molar refractivity (Wildman–Crippen MR) is 135 cm³/mol. The molecule has 1 unspecified atom stereocenters. The number of piperidine rings is 1. The Kier molecular flexibility index (Phi) is 8.44. The van der Waals surface area contributed by atoms with Gasteiger partial charge in [0.15, 0.2) is 5.82 Å². The average molecular weight is 483 g/mol. The van der Waals surface area contributed by atoms with E-state index < -0.39 is 0 Å². The molecule has 8 nitrogen and oxygen atoms in total. The van der Waals surface area contributed by atoms with Crippen LogP contribution in [-0.4, -0.2) is 53.5 Å². The van der Waals surface area contributed by atoms with Crippen LogP contribution in [-0.2, 0) is 4.79 Å². The van der Waals surface area contributed by atoms with Gasteiger partial charge in [0, 0.05) is 31.0 Å². The highest BCUT2D eigenvalue weighted by Crippen LogP contribution is 2.31.